The number of aromatic carboxylic acids is 1. The van der Waals surface area contributed by atoms with Crippen molar-refractivity contribution in [1.82, 2.24) is 9.88 Å². The Bertz CT molecular complexity index is 967. The zero-order valence-corrected chi connectivity index (χ0v) is 15.0. The molecule has 3 aromatic rings. The minimum atomic E-state index is -0.952. The van der Waals surface area contributed by atoms with Crippen molar-refractivity contribution >= 4 is 22.8 Å². The molecular formula is C22H22N2O3. The molecule has 0 unspecified atom stereocenters. The fourth-order valence-corrected chi connectivity index (χ4v) is 3.92. The van der Waals surface area contributed by atoms with Gasteiger partial charge >= 0.3 is 5.97 Å². The molecule has 1 amide bonds. The number of aromatic nitrogens is 1. The number of aromatic amines is 1. The third-order valence-corrected chi connectivity index (χ3v) is 5.46. The lowest BCUT2D eigenvalue weighted by Gasteiger charge is -2.32. The van der Waals surface area contributed by atoms with Crippen LogP contribution in [0.2, 0.25) is 0 Å². The Kier molecular flexibility index (Phi) is 4.67. The minimum absolute atomic E-state index is 0.107. The summed E-state index contributed by atoms with van der Waals surface area (Å²) in [5, 5.41) is 10.2. The summed E-state index contributed by atoms with van der Waals surface area (Å²) >= 11 is 0. The molecule has 0 bridgehead atoms. The van der Waals surface area contributed by atoms with Gasteiger partial charge in [-0.05, 0) is 48.1 Å². The highest BCUT2D eigenvalue weighted by molar-refractivity contribution is 5.88. The highest BCUT2D eigenvalue weighted by atomic mass is 16.4. The Morgan fingerprint density at radius 3 is 2.44 bits per heavy atom. The molecule has 0 atom stereocenters. The predicted molar refractivity (Wildman–Crippen MR) is 104 cm³/mol. The van der Waals surface area contributed by atoms with Crippen LogP contribution in [0.1, 0.15) is 40.2 Å². The Morgan fingerprint density at radius 1 is 1.04 bits per heavy atom. The number of amides is 1. The van der Waals surface area contributed by atoms with Crippen molar-refractivity contribution in [2.24, 2.45) is 0 Å². The van der Waals surface area contributed by atoms with E-state index in [1.54, 1.807) is 24.3 Å². The number of hydrogen-bond donors (Lipinski definition) is 2. The average Bonchev–Trinajstić information content (AvgIpc) is 3.12. The number of carboxylic acids is 1. The largest absolute Gasteiger partial charge is 0.478 e. The summed E-state index contributed by atoms with van der Waals surface area (Å²) < 4.78 is 0. The summed E-state index contributed by atoms with van der Waals surface area (Å²) in [4.78, 5) is 28.8. The second-order valence-electron chi connectivity index (χ2n) is 7.12. The molecule has 0 saturated carbocycles. The first-order chi connectivity index (χ1) is 13.1. The van der Waals surface area contributed by atoms with Crippen LogP contribution in [0.3, 0.4) is 0 Å². The average molecular weight is 362 g/mol. The zero-order chi connectivity index (χ0) is 18.8. The van der Waals surface area contributed by atoms with Gasteiger partial charge in [0.15, 0.2) is 0 Å². The molecule has 2 heterocycles. The molecule has 1 aliphatic rings. The molecule has 138 valence electrons. The van der Waals surface area contributed by atoms with Crippen molar-refractivity contribution in [3.63, 3.8) is 0 Å². The predicted octanol–water partition coefficient (Wildman–Crippen LogP) is 3.81. The van der Waals surface area contributed by atoms with E-state index in [1.165, 1.54) is 10.9 Å². The van der Waals surface area contributed by atoms with Crippen molar-refractivity contribution in [3.05, 3.63) is 71.4 Å². The summed E-state index contributed by atoms with van der Waals surface area (Å²) in [5.74, 6) is -0.372. The second-order valence-corrected chi connectivity index (χ2v) is 7.12. The highest BCUT2D eigenvalue weighted by Crippen LogP contribution is 2.33. The smallest absolute Gasteiger partial charge is 0.335 e. The lowest BCUT2D eigenvalue weighted by Crippen LogP contribution is -2.38. The third kappa shape index (κ3) is 3.58. The topological polar surface area (TPSA) is 73.4 Å². The number of nitrogens with one attached hydrogen (secondary N) is 1. The molecule has 5 nitrogen and oxygen atoms in total. The molecule has 1 saturated heterocycles. The summed E-state index contributed by atoms with van der Waals surface area (Å²) in [6, 6.07) is 14.9. The fourth-order valence-electron chi connectivity index (χ4n) is 3.92. The Morgan fingerprint density at radius 2 is 1.74 bits per heavy atom. The van der Waals surface area contributed by atoms with Crippen LogP contribution in [-0.4, -0.2) is 40.0 Å². The number of benzene rings is 2. The molecule has 4 rings (SSSR count). The summed E-state index contributed by atoms with van der Waals surface area (Å²) in [6.45, 7) is 1.52. The second kappa shape index (κ2) is 7.27. The summed E-state index contributed by atoms with van der Waals surface area (Å²) in [6.07, 6.45) is 4.35. The van der Waals surface area contributed by atoms with E-state index >= 15 is 0 Å². The minimum Gasteiger partial charge on any atom is -0.478 e. The Hall–Kier alpha value is -3.08. The molecule has 1 aromatic heterocycles. The molecule has 1 aliphatic heterocycles. The quantitative estimate of drug-likeness (QED) is 0.741. The van der Waals surface area contributed by atoms with Gasteiger partial charge in [-0.2, -0.15) is 0 Å². The number of nitrogens with zero attached hydrogens (tertiary/aromatic N) is 1. The molecular weight excluding hydrogens is 340 g/mol. The maximum Gasteiger partial charge on any atom is 0.335 e. The number of carbonyl (C=O) groups is 2. The monoisotopic (exact) mass is 362 g/mol. The van der Waals surface area contributed by atoms with Crippen LogP contribution in [0.25, 0.3) is 10.9 Å². The van der Waals surface area contributed by atoms with Crippen LogP contribution >= 0.6 is 0 Å². The van der Waals surface area contributed by atoms with E-state index in [9.17, 15) is 9.59 Å². The van der Waals surface area contributed by atoms with Crippen LogP contribution in [0, 0.1) is 0 Å². The van der Waals surface area contributed by atoms with E-state index in [0.29, 0.717) is 12.3 Å². The zero-order valence-electron chi connectivity index (χ0n) is 15.0. The first kappa shape index (κ1) is 17.3. The standard InChI is InChI=1S/C22H22N2O3/c25-21(13-15-5-7-17(8-6-15)22(26)27)24-11-9-16(10-12-24)19-14-23-20-4-2-1-3-18(19)20/h1-8,14,16,23H,9-13H2,(H,26,27). The molecule has 2 aromatic carbocycles. The highest BCUT2D eigenvalue weighted by Gasteiger charge is 2.25. The maximum atomic E-state index is 12.6. The van der Waals surface area contributed by atoms with Crippen molar-refractivity contribution in [2.45, 2.75) is 25.2 Å². The van der Waals surface area contributed by atoms with Gasteiger partial charge in [0.2, 0.25) is 5.91 Å². The number of rotatable bonds is 4. The molecule has 0 radical (unpaired) electrons. The maximum absolute atomic E-state index is 12.6. The van der Waals surface area contributed by atoms with Gasteiger partial charge in [0.05, 0.1) is 12.0 Å². The van der Waals surface area contributed by atoms with Gasteiger partial charge in [-0.15, -0.1) is 0 Å². The van der Waals surface area contributed by atoms with E-state index in [4.69, 9.17) is 5.11 Å². The van der Waals surface area contributed by atoms with Gasteiger partial charge in [0.1, 0.15) is 0 Å². The third-order valence-electron chi connectivity index (χ3n) is 5.46. The van der Waals surface area contributed by atoms with Gasteiger partial charge < -0.3 is 15.0 Å². The van der Waals surface area contributed by atoms with Crippen LogP contribution in [0.4, 0.5) is 0 Å². The Balaban J connectivity index is 1.37. The molecule has 0 spiro atoms. The van der Waals surface area contributed by atoms with Crippen molar-refractivity contribution in [1.29, 1.82) is 0 Å². The van der Waals surface area contributed by atoms with Crippen LogP contribution in [0.15, 0.2) is 54.7 Å². The van der Waals surface area contributed by atoms with Gasteiger partial charge in [0, 0.05) is 30.2 Å². The van der Waals surface area contributed by atoms with E-state index in [1.807, 2.05) is 11.0 Å². The van der Waals surface area contributed by atoms with E-state index < -0.39 is 5.97 Å². The van der Waals surface area contributed by atoms with Crippen LogP contribution < -0.4 is 0 Å². The SMILES string of the molecule is O=C(O)c1ccc(CC(=O)N2CCC(c3c[nH]c4ccccc34)CC2)cc1. The van der Waals surface area contributed by atoms with E-state index in [-0.39, 0.29) is 11.5 Å². The number of likely N-dealkylation sites (tertiary alicyclic amines) is 1. The molecule has 2 N–H and O–H groups in total. The summed E-state index contributed by atoms with van der Waals surface area (Å²) in [5.41, 5.74) is 3.60. The number of fused-ring (bicyclic) bond motifs is 1. The normalized spacial score (nSPS) is 15.2. The summed E-state index contributed by atoms with van der Waals surface area (Å²) in [7, 11) is 0. The van der Waals surface area contributed by atoms with Gasteiger partial charge in [-0.1, -0.05) is 30.3 Å². The number of piperidine rings is 1. The van der Waals surface area contributed by atoms with Crippen LogP contribution in [0.5, 0.6) is 0 Å². The number of para-hydroxylation sites is 1. The Labute approximate surface area is 157 Å². The number of carboxylic acid groups (broad SMARTS) is 1. The van der Waals surface area contributed by atoms with E-state index in [2.05, 4.69) is 29.4 Å². The first-order valence-electron chi connectivity index (χ1n) is 9.28. The van der Waals surface area contributed by atoms with Crippen LogP contribution in [-0.2, 0) is 11.2 Å². The van der Waals surface area contributed by atoms with Gasteiger partial charge in [-0.25, -0.2) is 4.79 Å². The van der Waals surface area contributed by atoms with Gasteiger partial charge in [0.25, 0.3) is 0 Å². The van der Waals surface area contributed by atoms with Crippen molar-refractivity contribution in [3.8, 4) is 0 Å². The van der Waals surface area contributed by atoms with Gasteiger partial charge in [-0.3, -0.25) is 4.79 Å². The molecule has 1 fully saturated rings. The number of carbonyl (C=O) groups excluding carboxylic acids is 1. The van der Waals surface area contributed by atoms with Crippen molar-refractivity contribution < 1.29 is 14.7 Å². The first-order valence-corrected chi connectivity index (χ1v) is 9.28. The fraction of sp³-hybridized carbons (Fsp3) is 0.273. The molecule has 5 heteroatoms. The lowest BCUT2D eigenvalue weighted by atomic mass is 9.89. The lowest BCUT2D eigenvalue weighted by molar-refractivity contribution is -0.131. The van der Waals surface area contributed by atoms with Crippen molar-refractivity contribution in [2.75, 3.05) is 13.1 Å². The molecule has 27 heavy (non-hydrogen) atoms. The number of hydrogen-bond acceptors (Lipinski definition) is 2. The van der Waals surface area contributed by atoms with E-state index in [0.717, 1.165) is 37.0 Å². The molecule has 0 aliphatic carbocycles. The number of H-pyrrole nitrogens is 1.